The summed E-state index contributed by atoms with van der Waals surface area (Å²) >= 11 is 1.50. The van der Waals surface area contributed by atoms with E-state index in [-0.39, 0.29) is 23.7 Å². The van der Waals surface area contributed by atoms with Crippen molar-refractivity contribution < 1.29 is 14.3 Å². The summed E-state index contributed by atoms with van der Waals surface area (Å²) in [6, 6.07) is 7.90. The molecule has 17 heavy (non-hydrogen) atoms. The van der Waals surface area contributed by atoms with Crippen molar-refractivity contribution in [1.29, 1.82) is 0 Å². The van der Waals surface area contributed by atoms with Gasteiger partial charge in [-0.05, 0) is 18.1 Å². The number of benzene rings is 1. The van der Waals surface area contributed by atoms with Crippen LogP contribution in [0.25, 0.3) is 0 Å². The Morgan fingerprint density at radius 3 is 2.94 bits per heavy atom. The highest BCUT2D eigenvalue weighted by Gasteiger charge is 2.29. The molecule has 1 N–H and O–H groups in total. The molecule has 1 atom stereocenters. The van der Waals surface area contributed by atoms with E-state index in [0.717, 1.165) is 4.90 Å². The van der Waals surface area contributed by atoms with E-state index in [1.165, 1.54) is 24.4 Å². The SMILES string of the molecule is CNC(=O)COC(=O)[C@@H]1Cc2ccccc2S1. The highest BCUT2D eigenvalue weighted by molar-refractivity contribution is 8.01. The van der Waals surface area contributed by atoms with Crippen LogP contribution < -0.4 is 5.32 Å². The van der Waals surface area contributed by atoms with E-state index < -0.39 is 0 Å². The molecule has 0 aromatic heterocycles. The maximum Gasteiger partial charge on any atom is 0.320 e. The van der Waals surface area contributed by atoms with Crippen LogP contribution in [0, 0.1) is 0 Å². The van der Waals surface area contributed by atoms with Crippen molar-refractivity contribution in [2.24, 2.45) is 0 Å². The Labute approximate surface area is 104 Å². The van der Waals surface area contributed by atoms with Crippen molar-refractivity contribution in [1.82, 2.24) is 5.32 Å². The van der Waals surface area contributed by atoms with Gasteiger partial charge in [-0.15, -0.1) is 11.8 Å². The van der Waals surface area contributed by atoms with Crippen LogP contribution in [0.1, 0.15) is 5.56 Å². The second-order valence-electron chi connectivity index (χ2n) is 3.70. The second-order valence-corrected chi connectivity index (χ2v) is 4.94. The van der Waals surface area contributed by atoms with E-state index in [2.05, 4.69) is 5.32 Å². The van der Waals surface area contributed by atoms with Gasteiger partial charge < -0.3 is 10.1 Å². The van der Waals surface area contributed by atoms with E-state index in [1.807, 2.05) is 24.3 Å². The fourth-order valence-electron chi connectivity index (χ4n) is 1.62. The lowest BCUT2D eigenvalue weighted by Gasteiger charge is -2.08. The zero-order chi connectivity index (χ0) is 12.3. The number of hydrogen-bond acceptors (Lipinski definition) is 4. The first kappa shape index (κ1) is 12.0. The quantitative estimate of drug-likeness (QED) is 0.814. The summed E-state index contributed by atoms with van der Waals surface area (Å²) in [6.45, 7) is -0.206. The molecular formula is C12H13NO3S. The van der Waals surface area contributed by atoms with Crippen molar-refractivity contribution >= 4 is 23.6 Å². The fourth-order valence-corrected chi connectivity index (χ4v) is 2.81. The largest absolute Gasteiger partial charge is 0.455 e. The molecule has 90 valence electrons. The first-order valence-corrected chi connectivity index (χ1v) is 6.20. The molecule has 0 unspecified atom stereocenters. The predicted molar refractivity (Wildman–Crippen MR) is 64.8 cm³/mol. The zero-order valence-electron chi connectivity index (χ0n) is 9.43. The van der Waals surface area contributed by atoms with Gasteiger partial charge in [0.1, 0.15) is 5.25 Å². The Morgan fingerprint density at radius 2 is 2.24 bits per heavy atom. The summed E-state index contributed by atoms with van der Waals surface area (Å²) in [5.74, 6) is -0.617. The van der Waals surface area contributed by atoms with E-state index in [9.17, 15) is 9.59 Å². The second kappa shape index (κ2) is 5.23. The number of esters is 1. The molecule has 1 amide bonds. The minimum Gasteiger partial charge on any atom is -0.455 e. The summed E-state index contributed by atoms with van der Waals surface area (Å²) in [4.78, 5) is 23.8. The molecule has 0 radical (unpaired) electrons. The first-order chi connectivity index (χ1) is 8.20. The van der Waals surface area contributed by atoms with Gasteiger partial charge in [-0.1, -0.05) is 18.2 Å². The van der Waals surface area contributed by atoms with E-state index in [4.69, 9.17) is 4.74 Å². The number of nitrogens with one attached hydrogen (secondary N) is 1. The van der Waals surface area contributed by atoms with Gasteiger partial charge in [-0.3, -0.25) is 9.59 Å². The van der Waals surface area contributed by atoms with Gasteiger partial charge in [-0.25, -0.2) is 0 Å². The Bertz CT molecular complexity index is 422. The molecule has 0 bridgehead atoms. The van der Waals surface area contributed by atoms with Gasteiger partial charge in [0.25, 0.3) is 5.91 Å². The lowest BCUT2D eigenvalue weighted by molar-refractivity contribution is -0.147. The number of likely N-dealkylation sites (N-methyl/N-ethyl adjacent to an activating group) is 1. The fraction of sp³-hybridized carbons (Fsp3) is 0.333. The highest BCUT2D eigenvalue weighted by atomic mass is 32.2. The minimum absolute atomic E-state index is 0.206. The van der Waals surface area contributed by atoms with E-state index in [0.29, 0.717) is 6.42 Å². The van der Waals surface area contributed by atoms with Crippen LogP contribution in [0.15, 0.2) is 29.2 Å². The van der Waals surface area contributed by atoms with Gasteiger partial charge in [0, 0.05) is 11.9 Å². The van der Waals surface area contributed by atoms with E-state index >= 15 is 0 Å². The zero-order valence-corrected chi connectivity index (χ0v) is 10.3. The van der Waals surface area contributed by atoms with Crippen molar-refractivity contribution in [3.8, 4) is 0 Å². The van der Waals surface area contributed by atoms with Crippen LogP contribution in [0.4, 0.5) is 0 Å². The Kier molecular flexibility index (Phi) is 3.68. The first-order valence-electron chi connectivity index (χ1n) is 5.32. The molecule has 1 aromatic carbocycles. The maximum atomic E-state index is 11.7. The number of fused-ring (bicyclic) bond motifs is 1. The lowest BCUT2D eigenvalue weighted by atomic mass is 10.1. The summed E-state index contributed by atoms with van der Waals surface area (Å²) in [5, 5.41) is 2.18. The molecule has 0 aliphatic carbocycles. The third-order valence-corrected chi connectivity index (χ3v) is 3.83. The molecule has 1 aliphatic rings. The highest BCUT2D eigenvalue weighted by Crippen LogP contribution is 2.37. The molecule has 2 rings (SSSR count). The van der Waals surface area contributed by atoms with Crippen molar-refractivity contribution in [2.75, 3.05) is 13.7 Å². The van der Waals surface area contributed by atoms with Crippen LogP contribution in [0.2, 0.25) is 0 Å². The van der Waals surface area contributed by atoms with Crippen LogP contribution >= 0.6 is 11.8 Å². The molecule has 0 spiro atoms. The normalized spacial score (nSPS) is 17.4. The maximum absolute atomic E-state index is 11.7. The summed E-state index contributed by atoms with van der Waals surface area (Å²) in [6.07, 6.45) is 0.674. The number of carbonyl (C=O) groups is 2. The van der Waals surface area contributed by atoms with Crippen LogP contribution in [-0.2, 0) is 20.7 Å². The van der Waals surface area contributed by atoms with Crippen LogP contribution in [0.3, 0.4) is 0 Å². The third-order valence-electron chi connectivity index (χ3n) is 2.53. The topological polar surface area (TPSA) is 55.4 Å². The summed E-state index contributed by atoms with van der Waals surface area (Å²) < 4.78 is 4.94. The van der Waals surface area contributed by atoms with Gasteiger partial charge >= 0.3 is 5.97 Å². The molecule has 1 aromatic rings. The van der Waals surface area contributed by atoms with Gasteiger partial charge in [0.05, 0.1) is 0 Å². The minimum atomic E-state index is -0.324. The van der Waals surface area contributed by atoms with Gasteiger partial charge in [-0.2, -0.15) is 0 Å². The van der Waals surface area contributed by atoms with E-state index in [1.54, 1.807) is 0 Å². The van der Waals surface area contributed by atoms with Crippen LogP contribution in [-0.4, -0.2) is 30.8 Å². The van der Waals surface area contributed by atoms with Gasteiger partial charge in [0.2, 0.25) is 0 Å². The van der Waals surface area contributed by atoms with Crippen LogP contribution in [0.5, 0.6) is 0 Å². The van der Waals surface area contributed by atoms with Crippen molar-refractivity contribution in [3.63, 3.8) is 0 Å². The summed E-state index contributed by atoms with van der Waals surface area (Å²) in [7, 11) is 1.51. The molecular weight excluding hydrogens is 238 g/mol. The summed E-state index contributed by atoms with van der Waals surface area (Å²) in [5.41, 5.74) is 1.17. The molecule has 1 heterocycles. The molecule has 4 nitrogen and oxygen atoms in total. The Hall–Kier alpha value is -1.49. The molecule has 0 saturated carbocycles. The number of amides is 1. The predicted octanol–water partition coefficient (Wildman–Crippen LogP) is 0.993. The Morgan fingerprint density at radius 1 is 1.47 bits per heavy atom. The standard InChI is InChI=1S/C12H13NO3S/c1-13-11(14)7-16-12(15)10-6-8-4-2-3-5-9(8)17-10/h2-5,10H,6-7H2,1H3,(H,13,14)/t10-/m0/s1. The average molecular weight is 251 g/mol. The lowest BCUT2D eigenvalue weighted by Crippen LogP contribution is -2.28. The number of ether oxygens (including phenoxy) is 1. The number of hydrogen-bond donors (Lipinski definition) is 1. The number of carbonyl (C=O) groups excluding carboxylic acids is 2. The van der Waals surface area contributed by atoms with Crippen molar-refractivity contribution in [2.45, 2.75) is 16.6 Å². The average Bonchev–Trinajstić information content (AvgIpc) is 2.79. The molecule has 0 fully saturated rings. The van der Waals surface area contributed by atoms with Crippen molar-refractivity contribution in [3.05, 3.63) is 29.8 Å². The number of rotatable bonds is 3. The molecule has 0 saturated heterocycles. The molecule has 5 heteroatoms. The third kappa shape index (κ3) is 2.79. The Balaban J connectivity index is 1.90. The monoisotopic (exact) mass is 251 g/mol. The number of thioether (sulfide) groups is 1. The van der Waals surface area contributed by atoms with Gasteiger partial charge in [0.15, 0.2) is 6.61 Å². The smallest absolute Gasteiger partial charge is 0.320 e. The molecule has 1 aliphatic heterocycles.